The Morgan fingerprint density at radius 1 is 1.29 bits per heavy atom. The van der Waals surface area contributed by atoms with Gasteiger partial charge >= 0.3 is 0 Å². The second kappa shape index (κ2) is 6.46. The van der Waals surface area contributed by atoms with Gasteiger partial charge in [-0.25, -0.2) is 4.98 Å². The van der Waals surface area contributed by atoms with Crippen molar-refractivity contribution in [3.8, 4) is 0 Å². The quantitative estimate of drug-likeness (QED) is 0.927. The van der Waals surface area contributed by atoms with Crippen LogP contribution in [0.5, 0.6) is 0 Å². The van der Waals surface area contributed by atoms with Crippen LogP contribution in [0.2, 0.25) is 0 Å². The molecule has 1 saturated heterocycles. The summed E-state index contributed by atoms with van der Waals surface area (Å²) >= 11 is 0. The Kier molecular flexibility index (Phi) is 4.42. The van der Waals surface area contributed by atoms with Crippen LogP contribution < -0.4 is 5.32 Å². The van der Waals surface area contributed by atoms with E-state index in [1.165, 1.54) is 32.1 Å². The fourth-order valence-corrected chi connectivity index (χ4v) is 3.85. The molecule has 21 heavy (non-hydrogen) atoms. The third-order valence-corrected chi connectivity index (χ3v) is 4.87. The first-order chi connectivity index (χ1) is 10.3. The highest BCUT2D eigenvalue weighted by atomic mass is 16.2. The van der Waals surface area contributed by atoms with E-state index in [1.54, 1.807) is 6.20 Å². The molecule has 1 amide bonds. The summed E-state index contributed by atoms with van der Waals surface area (Å²) in [6.07, 6.45) is 9.26. The van der Waals surface area contributed by atoms with Gasteiger partial charge in [0.15, 0.2) is 0 Å². The zero-order valence-corrected chi connectivity index (χ0v) is 12.8. The van der Waals surface area contributed by atoms with Crippen LogP contribution in [0.4, 0.5) is 5.69 Å². The van der Waals surface area contributed by atoms with E-state index in [-0.39, 0.29) is 5.91 Å². The number of fused-ring (bicyclic) bond motifs is 1. The number of piperidine rings is 1. The van der Waals surface area contributed by atoms with Gasteiger partial charge in [-0.1, -0.05) is 12.8 Å². The number of likely N-dealkylation sites (tertiary alicyclic amines) is 1. The number of nitrogens with one attached hydrogen (secondary N) is 1. The molecule has 1 aliphatic heterocycles. The molecule has 4 heteroatoms. The van der Waals surface area contributed by atoms with Gasteiger partial charge in [-0.15, -0.1) is 0 Å². The van der Waals surface area contributed by atoms with Crippen LogP contribution in [-0.4, -0.2) is 34.9 Å². The third-order valence-electron chi connectivity index (χ3n) is 4.87. The molecule has 1 saturated carbocycles. The van der Waals surface area contributed by atoms with Gasteiger partial charge < -0.3 is 10.2 Å². The van der Waals surface area contributed by atoms with Crippen LogP contribution in [-0.2, 0) is 0 Å². The first kappa shape index (κ1) is 14.4. The molecule has 3 rings (SSSR count). The van der Waals surface area contributed by atoms with Crippen molar-refractivity contribution >= 4 is 11.6 Å². The van der Waals surface area contributed by atoms with Crippen molar-refractivity contribution in [3.63, 3.8) is 0 Å². The lowest BCUT2D eigenvalue weighted by molar-refractivity contribution is 0.0385. The Balaban J connectivity index is 1.73. The summed E-state index contributed by atoms with van der Waals surface area (Å²) < 4.78 is 0. The van der Waals surface area contributed by atoms with Crippen molar-refractivity contribution in [1.82, 2.24) is 9.88 Å². The molecule has 1 aromatic heterocycles. The van der Waals surface area contributed by atoms with Crippen molar-refractivity contribution in [3.05, 3.63) is 24.0 Å². The van der Waals surface area contributed by atoms with Gasteiger partial charge in [-0.2, -0.15) is 0 Å². The minimum atomic E-state index is 0.120. The maximum atomic E-state index is 12.8. The molecule has 1 N–H and O–H groups in total. The number of amides is 1. The van der Waals surface area contributed by atoms with Crippen LogP contribution in [0.15, 0.2) is 18.3 Å². The first-order valence-corrected chi connectivity index (χ1v) is 8.30. The largest absolute Gasteiger partial charge is 0.384 e. The molecule has 0 radical (unpaired) electrons. The van der Waals surface area contributed by atoms with Gasteiger partial charge in [0.25, 0.3) is 5.91 Å². The fourth-order valence-electron chi connectivity index (χ4n) is 3.85. The van der Waals surface area contributed by atoms with Gasteiger partial charge in [-0.3, -0.25) is 4.79 Å². The van der Waals surface area contributed by atoms with Crippen molar-refractivity contribution in [2.75, 3.05) is 18.4 Å². The average Bonchev–Trinajstić information content (AvgIpc) is 2.55. The second-order valence-corrected chi connectivity index (χ2v) is 6.22. The molecule has 0 spiro atoms. The number of hydrogen-bond donors (Lipinski definition) is 1. The molecular formula is C17H25N3O. The smallest absolute Gasteiger partial charge is 0.272 e. The number of aromatic nitrogens is 1. The second-order valence-electron chi connectivity index (χ2n) is 6.22. The van der Waals surface area contributed by atoms with E-state index in [0.29, 0.717) is 11.7 Å². The van der Waals surface area contributed by atoms with Gasteiger partial charge in [0.2, 0.25) is 0 Å². The van der Waals surface area contributed by atoms with Crippen LogP contribution in [0.3, 0.4) is 0 Å². The van der Waals surface area contributed by atoms with Crippen molar-refractivity contribution in [2.24, 2.45) is 5.92 Å². The third kappa shape index (κ3) is 3.04. The molecule has 0 aromatic carbocycles. The molecule has 114 valence electrons. The SMILES string of the molecule is CCNc1ccc(C(=O)N2CCC[C@H]3CCCC[C@H]32)nc1. The van der Waals surface area contributed by atoms with Crippen LogP contribution >= 0.6 is 0 Å². The number of nitrogens with zero attached hydrogens (tertiary/aromatic N) is 2. The normalized spacial score (nSPS) is 25.3. The highest BCUT2D eigenvalue weighted by Gasteiger charge is 2.36. The van der Waals surface area contributed by atoms with Gasteiger partial charge in [0.1, 0.15) is 5.69 Å². The lowest BCUT2D eigenvalue weighted by Crippen LogP contribution is -2.49. The number of carbonyl (C=O) groups is 1. The summed E-state index contributed by atoms with van der Waals surface area (Å²) in [6, 6.07) is 4.26. The summed E-state index contributed by atoms with van der Waals surface area (Å²) in [5.41, 5.74) is 1.56. The monoisotopic (exact) mass is 287 g/mol. The Morgan fingerprint density at radius 3 is 2.86 bits per heavy atom. The first-order valence-electron chi connectivity index (χ1n) is 8.30. The number of anilines is 1. The molecule has 1 aromatic rings. The van der Waals surface area contributed by atoms with Gasteiger partial charge in [-0.05, 0) is 50.7 Å². The highest BCUT2D eigenvalue weighted by Crippen LogP contribution is 2.35. The summed E-state index contributed by atoms with van der Waals surface area (Å²) in [7, 11) is 0. The van der Waals surface area contributed by atoms with Gasteiger partial charge in [0, 0.05) is 19.1 Å². The number of pyridine rings is 1. The van der Waals surface area contributed by atoms with E-state index in [0.717, 1.165) is 31.1 Å². The number of hydrogen-bond acceptors (Lipinski definition) is 3. The number of carbonyl (C=O) groups excluding carboxylic acids is 1. The number of rotatable bonds is 3. The molecule has 2 aliphatic rings. The zero-order chi connectivity index (χ0) is 14.7. The topological polar surface area (TPSA) is 45.2 Å². The molecular weight excluding hydrogens is 262 g/mol. The van der Waals surface area contributed by atoms with E-state index < -0.39 is 0 Å². The maximum Gasteiger partial charge on any atom is 0.272 e. The lowest BCUT2D eigenvalue weighted by atomic mass is 9.78. The lowest BCUT2D eigenvalue weighted by Gasteiger charge is -2.44. The van der Waals surface area contributed by atoms with E-state index in [1.807, 2.05) is 12.1 Å². The Labute approximate surface area is 126 Å². The Bertz CT molecular complexity index is 483. The Morgan fingerprint density at radius 2 is 2.10 bits per heavy atom. The van der Waals surface area contributed by atoms with E-state index in [9.17, 15) is 4.79 Å². The molecule has 4 nitrogen and oxygen atoms in total. The highest BCUT2D eigenvalue weighted by molar-refractivity contribution is 5.92. The minimum Gasteiger partial charge on any atom is -0.384 e. The van der Waals surface area contributed by atoms with E-state index >= 15 is 0 Å². The zero-order valence-electron chi connectivity index (χ0n) is 12.8. The van der Waals surface area contributed by atoms with E-state index in [2.05, 4.69) is 22.1 Å². The molecule has 2 fully saturated rings. The molecule has 0 unspecified atom stereocenters. The fraction of sp³-hybridized carbons (Fsp3) is 0.647. The maximum absolute atomic E-state index is 12.8. The van der Waals surface area contributed by atoms with Crippen LogP contribution in [0, 0.1) is 5.92 Å². The molecule has 2 heterocycles. The molecule has 1 aliphatic carbocycles. The minimum absolute atomic E-state index is 0.120. The standard InChI is InChI=1S/C17H25N3O/c1-2-18-14-9-10-15(19-12-14)17(21)20-11-5-7-13-6-3-4-8-16(13)20/h9-10,12-13,16,18H,2-8,11H2,1H3/t13-,16-/m1/s1. The molecule has 0 bridgehead atoms. The van der Waals surface area contributed by atoms with Gasteiger partial charge in [0.05, 0.1) is 11.9 Å². The summed E-state index contributed by atoms with van der Waals surface area (Å²) in [5.74, 6) is 0.840. The van der Waals surface area contributed by atoms with Crippen molar-refractivity contribution in [1.29, 1.82) is 0 Å². The summed E-state index contributed by atoms with van der Waals surface area (Å²) in [6.45, 7) is 3.82. The van der Waals surface area contributed by atoms with Crippen molar-refractivity contribution < 1.29 is 4.79 Å². The summed E-state index contributed by atoms with van der Waals surface area (Å²) in [5, 5.41) is 3.21. The van der Waals surface area contributed by atoms with E-state index in [4.69, 9.17) is 0 Å². The predicted octanol–water partition coefficient (Wildman–Crippen LogP) is 3.31. The summed E-state index contributed by atoms with van der Waals surface area (Å²) in [4.78, 5) is 19.2. The van der Waals surface area contributed by atoms with Crippen molar-refractivity contribution in [2.45, 2.75) is 51.5 Å². The van der Waals surface area contributed by atoms with Crippen LogP contribution in [0.1, 0.15) is 55.9 Å². The predicted molar refractivity (Wildman–Crippen MR) is 84.4 cm³/mol. The molecule has 2 atom stereocenters. The average molecular weight is 287 g/mol. The Hall–Kier alpha value is -1.58. The van der Waals surface area contributed by atoms with Crippen LogP contribution in [0.25, 0.3) is 0 Å².